The number of furan rings is 1. The molecule has 0 unspecified atom stereocenters. The van der Waals surface area contributed by atoms with Gasteiger partial charge in [-0.2, -0.15) is 0 Å². The molecule has 1 aliphatic carbocycles. The molecule has 0 fully saturated rings. The summed E-state index contributed by atoms with van der Waals surface area (Å²) in [5, 5.41) is 2.12. The molecule has 5 heteroatoms. The Morgan fingerprint density at radius 2 is 1.09 bits per heavy atom. The van der Waals surface area contributed by atoms with E-state index in [0.29, 0.717) is 0 Å². The fourth-order valence-electron chi connectivity index (χ4n) is 10.4. The summed E-state index contributed by atoms with van der Waals surface area (Å²) in [5.74, 6) is 0.895. The lowest BCUT2D eigenvalue weighted by atomic mass is 9.82. The highest BCUT2D eigenvalue weighted by atomic mass is 16.3. The van der Waals surface area contributed by atoms with Crippen LogP contribution in [0, 0.1) is 0 Å². The van der Waals surface area contributed by atoms with E-state index in [1.807, 2.05) is 0 Å². The number of fused-ring (bicyclic) bond motifs is 11. The van der Waals surface area contributed by atoms with Crippen molar-refractivity contribution in [1.29, 1.82) is 0 Å². The van der Waals surface area contributed by atoms with E-state index in [0.717, 1.165) is 72.5 Å². The van der Waals surface area contributed by atoms with Gasteiger partial charge in [0, 0.05) is 33.2 Å². The Balaban J connectivity index is 1.05. The van der Waals surface area contributed by atoms with Crippen molar-refractivity contribution >= 4 is 66.8 Å². The van der Waals surface area contributed by atoms with Crippen LogP contribution < -0.4 is 4.90 Å². The molecule has 318 valence electrons. The molecule has 0 saturated carbocycles. The summed E-state index contributed by atoms with van der Waals surface area (Å²) in [6.45, 7) is 18.4. The Kier molecular flexibility index (Phi) is 8.34. The number of benzene rings is 8. The summed E-state index contributed by atoms with van der Waals surface area (Å²) in [7, 11) is 0. The van der Waals surface area contributed by atoms with Gasteiger partial charge in [0.2, 0.25) is 5.78 Å². The summed E-state index contributed by atoms with van der Waals surface area (Å²) < 4.78 is 11.3. The zero-order chi connectivity index (χ0) is 44.6. The van der Waals surface area contributed by atoms with Gasteiger partial charge in [-0.3, -0.25) is 8.97 Å². The quantitative estimate of drug-likeness (QED) is 0.173. The van der Waals surface area contributed by atoms with Gasteiger partial charge in [-0.15, -0.1) is 0 Å². The van der Waals surface area contributed by atoms with Crippen LogP contribution in [0.2, 0.25) is 0 Å². The number of hydrogen-bond acceptors (Lipinski definition) is 3. The fourth-order valence-corrected chi connectivity index (χ4v) is 10.4. The second-order valence-electron chi connectivity index (χ2n) is 20.6. The predicted octanol–water partition coefficient (Wildman–Crippen LogP) is 16.4. The third-order valence-electron chi connectivity index (χ3n) is 14.0. The van der Waals surface area contributed by atoms with Crippen LogP contribution in [0.3, 0.4) is 0 Å². The lowest BCUT2D eigenvalue weighted by Gasteiger charge is -2.28. The number of aromatic nitrogens is 3. The largest absolute Gasteiger partial charge is 0.456 e. The maximum atomic E-state index is 6.63. The van der Waals surface area contributed by atoms with E-state index in [1.54, 1.807) is 0 Å². The highest BCUT2D eigenvalue weighted by Gasteiger charge is 2.36. The van der Waals surface area contributed by atoms with Crippen LogP contribution in [0.4, 0.5) is 17.1 Å². The molecular weight excluding hydrogens is 793 g/mol. The Morgan fingerprint density at radius 1 is 0.492 bits per heavy atom. The molecule has 0 N–H and O–H groups in total. The molecule has 12 rings (SSSR count). The molecule has 0 radical (unpaired) electrons. The van der Waals surface area contributed by atoms with E-state index >= 15 is 0 Å². The fraction of sp³-hybridized carbons (Fsp3) is 0.183. The van der Waals surface area contributed by atoms with E-state index in [2.05, 4.69) is 239 Å². The highest BCUT2D eigenvalue weighted by Crippen LogP contribution is 2.51. The van der Waals surface area contributed by atoms with Crippen molar-refractivity contribution in [3.8, 4) is 27.9 Å². The lowest BCUT2D eigenvalue weighted by Crippen LogP contribution is -2.16. The first-order chi connectivity index (χ1) is 31.2. The number of rotatable bonds is 5. The van der Waals surface area contributed by atoms with Crippen LogP contribution in [0.1, 0.15) is 77.6 Å². The smallest absolute Gasteiger partial charge is 0.220 e. The maximum Gasteiger partial charge on any atom is 0.220 e. The molecule has 5 nitrogen and oxygen atoms in total. The summed E-state index contributed by atoms with van der Waals surface area (Å²) in [6.07, 6.45) is 0. The van der Waals surface area contributed by atoms with Gasteiger partial charge in [-0.05, 0) is 140 Å². The molecule has 65 heavy (non-hydrogen) atoms. The second kappa shape index (κ2) is 13.8. The zero-order valence-corrected chi connectivity index (χ0v) is 38.4. The summed E-state index contributed by atoms with van der Waals surface area (Å²) in [6, 6.07) is 62.3. The van der Waals surface area contributed by atoms with E-state index in [1.165, 1.54) is 44.5 Å². The Labute approximate surface area is 380 Å². The van der Waals surface area contributed by atoms with Gasteiger partial charge in [0.05, 0.1) is 27.8 Å². The molecule has 3 aromatic heterocycles. The molecule has 3 heterocycles. The molecule has 0 spiro atoms. The molecule has 8 aromatic carbocycles. The van der Waals surface area contributed by atoms with Gasteiger partial charge in [-0.25, -0.2) is 4.98 Å². The van der Waals surface area contributed by atoms with E-state index in [-0.39, 0.29) is 16.2 Å². The van der Waals surface area contributed by atoms with Crippen molar-refractivity contribution in [2.24, 2.45) is 0 Å². The molecule has 0 aliphatic heterocycles. The molecule has 0 saturated heterocycles. The van der Waals surface area contributed by atoms with Crippen molar-refractivity contribution in [3.05, 3.63) is 192 Å². The topological polar surface area (TPSA) is 38.6 Å². The van der Waals surface area contributed by atoms with Gasteiger partial charge in [0.1, 0.15) is 11.2 Å². The van der Waals surface area contributed by atoms with Crippen molar-refractivity contribution in [2.75, 3.05) is 4.90 Å². The number of nitrogens with zero attached hydrogens (tertiary/aromatic N) is 4. The van der Waals surface area contributed by atoms with Crippen LogP contribution in [0.5, 0.6) is 0 Å². The third kappa shape index (κ3) is 6.09. The Morgan fingerprint density at radius 3 is 1.85 bits per heavy atom. The standard InChI is InChI=1S/C60H52N4O/c1-58(2,3)39-20-28-51-53(32-39)64-54-33-40(59(4,5)6)21-29-52(54)63(57(64)61-51)43-26-31-56-48(35-43)47-34-42(25-30-55(47)65-56)62(41-22-18-38(19-23-41)37-14-10-9-11-15-37)44-24-27-46-45-16-12-13-17-49(45)60(7,8)50(46)36-44/h9-36H,1-8H3. The average Bonchev–Trinajstić information content (AvgIpc) is 4.01. The normalized spacial score (nSPS) is 13.7. The molecule has 0 bridgehead atoms. The van der Waals surface area contributed by atoms with Gasteiger partial charge < -0.3 is 9.32 Å². The second-order valence-corrected chi connectivity index (χ2v) is 20.6. The SMILES string of the molecule is CC(C)(C)c1ccc2nc3n(-c4ccc5oc6ccc(N(c7ccc(-c8ccccc8)cc7)c7ccc8c(c7)C(C)(C)c7ccccc7-8)cc6c5c4)c4ccc(C(C)(C)C)cc4n3c2c1. The first-order valence-electron chi connectivity index (χ1n) is 22.9. The first-order valence-corrected chi connectivity index (χ1v) is 22.9. The van der Waals surface area contributed by atoms with E-state index < -0.39 is 0 Å². The van der Waals surface area contributed by atoms with Crippen LogP contribution in [-0.4, -0.2) is 14.0 Å². The van der Waals surface area contributed by atoms with Gasteiger partial charge in [-0.1, -0.05) is 140 Å². The number of anilines is 3. The van der Waals surface area contributed by atoms with Crippen LogP contribution >= 0.6 is 0 Å². The minimum absolute atomic E-state index is 0.00366. The van der Waals surface area contributed by atoms with Crippen molar-refractivity contribution in [2.45, 2.75) is 71.6 Å². The monoisotopic (exact) mass is 844 g/mol. The Hall–Kier alpha value is -7.37. The van der Waals surface area contributed by atoms with Crippen LogP contribution in [-0.2, 0) is 16.2 Å². The molecule has 0 atom stereocenters. The van der Waals surface area contributed by atoms with Crippen molar-refractivity contribution < 1.29 is 4.42 Å². The van der Waals surface area contributed by atoms with Crippen molar-refractivity contribution in [1.82, 2.24) is 14.0 Å². The Bertz CT molecular complexity index is 3700. The number of imidazole rings is 2. The van der Waals surface area contributed by atoms with E-state index in [4.69, 9.17) is 9.40 Å². The minimum Gasteiger partial charge on any atom is -0.456 e. The highest BCUT2D eigenvalue weighted by molar-refractivity contribution is 6.08. The zero-order valence-electron chi connectivity index (χ0n) is 38.4. The van der Waals surface area contributed by atoms with E-state index in [9.17, 15) is 0 Å². The molecule has 0 amide bonds. The third-order valence-corrected chi connectivity index (χ3v) is 14.0. The van der Waals surface area contributed by atoms with Gasteiger partial charge in [0.25, 0.3) is 0 Å². The predicted molar refractivity (Wildman–Crippen MR) is 272 cm³/mol. The summed E-state index contributed by atoms with van der Waals surface area (Å²) in [5.41, 5.74) is 20.5. The molecule has 11 aromatic rings. The molecular formula is C60H52N4O. The van der Waals surface area contributed by atoms with Crippen LogP contribution in [0.25, 0.3) is 77.7 Å². The average molecular weight is 845 g/mol. The summed E-state index contributed by atoms with van der Waals surface area (Å²) in [4.78, 5) is 7.74. The first kappa shape index (κ1) is 39.2. The maximum absolute atomic E-state index is 6.63. The number of hydrogen-bond donors (Lipinski definition) is 0. The lowest BCUT2D eigenvalue weighted by molar-refractivity contribution is 0.591. The minimum atomic E-state index is -0.135. The van der Waals surface area contributed by atoms with Crippen LogP contribution in [0.15, 0.2) is 174 Å². The summed E-state index contributed by atoms with van der Waals surface area (Å²) >= 11 is 0. The van der Waals surface area contributed by atoms with Gasteiger partial charge >= 0.3 is 0 Å². The van der Waals surface area contributed by atoms with Gasteiger partial charge in [0.15, 0.2) is 0 Å². The van der Waals surface area contributed by atoms with Crippen molar-refractivity contribution in [3.63, 3.8) is 0 Å². The molecule has 1 aliphatic rings.